The van der Waals surface area contributed by atoms with Crippen LogP contribution >= 0.6 is 27.3 Å². The summed E-state index contributed by atoms with van der Waals surface area (Å²) in [6.45, 7) is 0. The predicted molar refractivity (Wildman–Crippen MR) is 78.9 cm³/mol. The van der Waals surface area contributed by atoms with Crippen molar-refractivity contribution >= 4 is 27.3 Å². The van der Waals surface area contributed by atoms with Crippen molar-refractivity contribution in [2.45, 2.75) is 18.8 Å². The Balaban J connectivity index is 2.05. The third-order valence-corrected chi connectivity index (χ3v) is 4.47. The molecule has 0 saturated heterocycles. The van der Waals surface area contributed by atoms with Gasteiger partial charge in [0, 0.05) is 4.88 Å². The Morgan fingerprint density at radius 2 is 1.86 bits per heavy atom. The zero-order valence-corrected chi connectivity index (χ0v) is 13.1. The van der Waals surface area contributed by atoms with Gasteiger partial charge < -0.3 is 4.74 Å². The standard InChI is InChI=1S/C13H12BrF3N2OS/c14-12-6-5-11(21-12)10(19-18)7-8-1-3-9(4-2-8)20-13(15,16)17/h1-6,10,19H,7,18H2. The van der Waals surface area contributed by atoms with Crippen LogP contribution in [-0.2, 0) is 6.42 Å². The molecule has 2 rings (SSSR count). The van der Waals surface area contributed by atoms with Gasteiger partial charge in [-0.05, 0) is 52.2 Å². The highest BCUT2D eigenvalue weighted by Gasteiger charge is 2.30. The molecule has 1 atom stereocenters. The number of thiophene rings is 1. The summed E-state index contributed by atoms with van der Waals surface area (Å²) >= 11 is 4.93. The van der Waals surface area contributed by atoms with Gasteiger partial charge in [-0.15, -0.1) is 24.5 Å². The molecule has 0 fully saturated rings. The van der Waals surface area contributed by atoms with E-state index in [1.165, 1.54) is 12.1 Å². The van der Waals surface area contributed by atoms with Gasteiger partial charge >= 0.3 is 6.36 Å². The number of nitrogens with two attached hydrogens (primary N) is 1. The second-order valence-electron chi connectivity index (χ2n) is 4.26. The van der Waals surface area contributed by atoms with E-state index in [1.54, 1.807) is 23.5 Å². The molecule has 21 heavy (non-hydrogen) atoms. The third kappa shape index (κ3) is 4.99. The van der Waals surface area contributed by atoms with E-state index in [0.29, 0.717) is 6.42 Å². The van der Waals surface area contributed by atoms with Crippen LogP contribution in [0.25, 0.3) is 0 Å². The topological polar surface area (TPSA) is 47.3 Å². The van der Waals surface area contributed by atoms with E-state index < -0.39 is 6.36 Å². The minimum atomic E-state index is -4.67. The summed E-state index contributed by atoms with van der Waals surface area (Å²) in [5.41, 5.74) is 3.57. The molecule has 0 spiro atoms. The molecule has 1 aromatic carbocycles. The Bertz CT molecular complexity index is 586. The maximum Gasteiger partial charge on any atom is 0.573 e. The van der Waals surface area contributed by atoms with Crippen LogP contribution in [0.4, 0.5) is 13.2 Å². The molecule has 0 aliphatic rings. The van der Waals surface area contributed by atoms with Gasteiger partial charge in [0.25, 0.3) is 0 Å². The molecule has 0 radical (unpaired) electrons. The Hall–Kier alpha value is -1.09. The minimum absolute atomic E-state index is 0.101. The summed E-state index contributed by atoms with van der Waals surface area (Å²) in [6, 6.07) is 9.53. The number of hydrazine groups is 1. The fraction of sp³-hybridized carbons (Fsp3) is 0.231. The first kappa shape index (κ1) is 16.3. The Morgan fingerprint density at radius 3 is 2.33 bits per heavy atom. The number of rotatable bonds is 5. The summed E-state index contributed by atoms with van der Waals surface area (Å²) in [5, 5.41) is 0. The molecule has 1 heterocycles. The summed E-state index contributed by atoms with van der Waals surface area (Å²) in [6.07, 6.45) is -4.11. The molecule has 2 aromatic rings. The summed E-state index contributed by atoms with van der Waals surface area (Å²) in [7, 11) is 0. The molecule has 0 bridgehead atoms. The number of nitrogens with one attached hydrogen (secondary N) is 1. The lowest BCUT2D eigenvalue weighted by atomic mass is 10.1. The van der Waals surface area contributed by atoms with Crippen molar-refractivity contribution in [2.75, 3.05) is 0 Å². The van der Waals surface area contributed by atoms with Crippen LogP contribution in [0.2, 0.25) is 0 Å². The van der Waals surface area contributed by atoms with Crippen molar-refractivity contribution in [1.29, 1.82) is 0 Å². The third-order valence-electron chi connectivity index (χ3n) is 2.74. The van der Waals surface area contributed by atoms with Gasteiger partial charge in [-0.25, -0.2) is 0 Å². The first-order valence-electron chi connectivity index (χ1n) is 5.93. The van der Waals surface area contributed by atoms with Crippen LogP contribution in [0.15, 0.2) is 40.2 Å². The van der Waals surface area contributed by atoms with Gasteiger partial charge in [0.1, 0.15) is 5.75 Å². The van der Waals surface area contributed by atoms with Gasteiger partial charge in [-0.1, -0.05) is 12.1 Å². The van der Waals surface area contributed by atoms with Crippen molar-refractivity contribution in [3.8, 4) is 5.75 Å². The van der Waals surface area contributed by atoms with Crippen LogP contribution in [0.5, 0.6) is 5.75 Å². The average molecular weight is 381 g/mol. The summed E-state index contributed by atoms with van der Waals surface area (Å²) in [4.78, 5) is 1.04. The maximum absolute atomic E-state index is 12.1. The van der Waals surface area contributed by atoms with Gasteiger partial charge in [-0.3, -0.25) is 11.3 Å². The minimum Gasteiger partial charge on any atom is -0.406 e. The van der Waals surface area contributed by atoms with E-state index in [-0.39, 0.29) is 11.8 Å². The van der Waals surface area contributed by atoms with Gasteiger partial charge in [-0.2, -0.15) is 0 Å². The number of ether oxygens (including phenoxy) is 1. The maximum atomic E-state index is 12.1. The predicted octanol–water partition coefficient (Wildman–Crippen LogP) is 4.16. The molecule has 114 valence electrons. The monoisotopic (exact) mass is 380 g/mol. The molecule has 3 nitrogen and oxygen atoms in total. The normalized spacial score (nSPS) is 13.2. The number of benzene rings is 1. The largest absolute Gasteiger partial charge is 0.573 e. The fourth-order valence-electron chi connectivity index (χ4n) is 1.82. The highest BCUT2D eigenvalue weighted by Crippen LogP contribution is 2.29. The Labute approximate surface area is 132 Å². The molecule has 1 unspecified atom stereocenters. The second-order valence-corrected chi connectivity index (χ2v) is 6.75. The van der Waals surface area contributed by atoms with Crippen LogP contribution in [-0.4, -0.2) is 6.36 Å². The lowest BCUT2D eigenvalue weighted by Gasteiger charge is -2.15. The molecule has 3 N–H and O–H groups in total. The van der Waals surface area contributed by atoms with Crippen molar-refractivity contribution in [1.82, 2.24) is 5.43 Å². The smallest absolute Gasteiger partial charge is 0.406 e. The van der Waals surface area contributed by atoms with E-state index in [0.717, 1.165) is 14.2 Å². The Morgan fingerprint density at radius 1 is 1.19 bits per heavy atom. The van der Waals surface area contributed by atoms with Gasteiger partial charge in [0.05, 0.1) is 9.83 Å². The summed E-state index contributed by atoms with van der Waals surface area (Å²) < 4.78 is 41.1. The number of alkyl halides is 3. The lowest BCUT2D eigenvalue weighted by Crippen LogP contribution is -2.28. The number of hydrogen-bond acceptors (Lipinski definition) is 4. The van der Waals surface area contributed by atoms with Crippen molar-refractivity contribution in [3.05, 3.63) is 50.6 Å². The average Bonchev–Trinajstić information content (AvgIpc) is 2.82. The zero-order valence-electron chi connectivity index (χ0n) is 10.7. The fourth-order valence-corrected chi connectivity index (χ4v) is 3.30. The van der Waals surface area contributed by atoms with Crippen LogP contribution in [0.3, 0.4) is 0 Å². The van der Waals surface area contributed by atoms with Gasteiger partial charge in [0.15, 0.2) is 0 Å². The lowest BCUT2D eigenvalue weighted by molar-refractivity contribution is -0.274. The summed E-state index contributed by atoms with van der Waals surface area (Å²) in [5.74, 6) is 5.31. The SMILES string of the molecule is NNC(Cc1ccc(OC(F)(F)F)cc1)c1ccc(Br)s1. The Kier molecular flexibility index (Phi) is 5.26. The van der Waals surface area contributed by atoms with Gasteiger partial charge in [0.2, 0.25) is 0 Å². The van der Waals surface area contributed by atoms with E-state index in [1.807, 2.05) is 12.1 Å². The zero-order chi connectivity index (χ0) is 15.5. The van der Waals surface area contributed by atoms with E-state index >= 15 is 0 Å². The molecule has 0 saturated carbocycles. The molecule has 1 aromatic heterocycles. The molecular formula is C13H12BrF3N2OS. The van der Waals surface area contributed by atoms with E-state index in [9.17, 15) is 13.2 Å². The second kappa shape index (κ2) is 6.78. The van der Waals surface area contributed by atoms with Crippen molar-refractivity contribution in [3.63, 3.8) is 0 Å². The molecule has 0 aliphatic heterocycles. The van der Waals surface area contributed by atoms with Crippen molar-refractivity contribution < 1.29 is 17.9 Å². The van der Waals surface area contributed by atoms with Crippen molar-refractivity contribution in [2.24, 2.45) is 5.84 Å². The van der Waals surface area contributed by atoms with Crippen LogP contribution < -0.4 is 16.0 Å². The molecular weight excluding hydrogens is 369 g/mol. The van der Waals surface area contributed by atoms with E-state index in [2.05, 4.69) is 26.1 Å². The van der Waals surface area contributed by atoms with Crippen LogP contribution in [0.1, 0.15) is 16.5 Å². The molecule has 0 aliphatic carbocycles. The molecule has 8 heteroatoms. The van der Waals surface area contributed by atoms with E-state index in [4.69, 9.17) is 5.84 Å². The number of halogens is 4. The highest BCUT2D eigenvalue weighted by molar-refractivity contribution is 9.11. The molecule has 0 amide bonds. The first-order valence-corrected chi connectivity index (χ1v) is 7.54. The quantitative estimate of drug-likeness (QED) is 0.604. The van der Waals surface area contributed by atoms with Crippen LogP contribution in [0, 0.1) is 0 Å². The first-order chi connectivity index (χ1) is 9.87. The number of hydrogen-bond donors (Lipinski definition) is 2. The highest BCUT2D eigenvalue weighted by atomic mass is 79.9.